The summed E-state index contributed by atoms with van der Waals surface area (Å²) in [7, 11) is 0. The molecule has 7 heteroatoms. The summed E-state index contributed by atoms with van der Waals surface area (Å²) in [6.45, 7) is 0.264. The van der Waals surface area contributed by atoms with Crippen LogP contribution in [0.25, 0.3) is 0 Å². The Balaban J connectivity index is 2.12. The van der Waals surface area contributed by atoms with E-state index in [1.165, 1.54) is 0 Å². The minimum atomic E-state index is -0.778. The van der Waals surface area contributed by atoms with Crippen LogP contribution in [-0.4, -0.2) is 22.9 Å². The molecule has 0 radical (unpaired) electrons. The van der Waals surface area contributed by atoms with E-state index in [0.29, 0.717) is 0 Å². The maximum Gasteiger partial charge on any atom is 0.285 e. The summed E-state index contributed by atoms with van der Waals surface area (Å²) in [5.41, 5.74) is 4.83. The van der Waals surface area contributed by atoms with Gasteiger partial charge in [-0.25, -0.2) is 4.39 Å². The predicted octanol–water partition coefficient (Wildman–Crippen LogP) is 1.35. The van der Waals surface area contributed by atoms with Gasteiger partial charge in [-0.1, -0.05) is 0 Å². The second-order valence-corrected chi connectivity index (χ2v) is 4.82. The van der Waals surface area contributed by atoms with E-state index in [4.69, 9.17) is 5.73 Å². The Morgan fingerprint density at radius 2 is 2.21 bits per heavy atom. The van der Waals surface area contributed by atoms with Crippen molar-refractivity contribution in [3.63, 3.8) is 0 Å². The Hall–Kier alpha value is -2.02. The Labute approximate surface area is 108 Å². The summed E-state index contributed by atoms with van der Waals surface area (Å²) >= 11 is 0. The minimum absolute atomic E-state index is 0.158. The van der Waals surface area contributed by atoms with Crippen molar-refractivity contribution in [3.05, 3.63) is 39.7 Å². The average Bonchev–Trinajstić information content (AvgIpc) is 2.33. The summed E-state index contributed by atoms with van der Waals surface area (Å²) in [5, 5.41) is 13.3. The first-order valence-electron chi connectivity index (χ1n) is 5.92. The lowest BCUT2D eigenvalue weighted by molar-refractivity contribution is -0.385. The largest absolute Gasteiger partial charge is 0.350 e. The van der Waals surface area contributed by atoms with Gasteiger partial charge in [0.1, 0.15) is 11.4 Å². The molecule has 0 spiro atoms. The first kappa shape index (κ1) is 13.4. The molecule has 0 heterocycles. The van der Waals surface area contributed by atoms with Gasteiger partial charge in [0.25, 0.3) is 11.6 Å². The van der Waals surface area contributed by atoms with E-state index in [1.807, 2.05) is 0 Å². The number of nitro benzene ring substituents is 1. The van der Waals surface area contributed by atoms with Crippen molar-refractivity contribution in [1.29, 1.82) is 0 Å². The highest BCUT2D eigenvalue weighted by atomic mass is 19.1. The average molecular weight is 267 g/mol. The number of benzene rings is 1. The lowest BCUT2D eigenvalue weighted by Crippen LogP contribution is -2.54. The summed E-state index contributed by atoms with van der Waals surface area (Å²) in [4.78, 5) is 21.9. The van der Waals surface area contributed by atoms with Gasteiger partial charge in [0.05, 0.1) is 11.0 Å². The molecular formula is C12H14FN3O3. The zero-order valence-corrected chi connectivity index (χ0v) is 10.2. The van der Waals surface area contributed by atoms with Crippen molar-refractivity contribution < 1.29 is 14.1 Å². The summed E-state index contributed by atoms with van der Waals surface area (Å²) < 4.78 is 13.0. The molecule has 1 amide bonds. The molecular weight excluding hydrogens is 253 g/mol. The molecule has 102 valence electrons. The fourth-order valence-corrected chi connectivity index (χ4v) is 2.01. The van der Waals surface area contributed by atoms with Crippen LogP contribution in [-0.2, 0) is 0 Å². The molecule has 0 aliphatic heterocycles. The Morgan fingerprint density at radius 1 is 1.53 bits per heavy atom. The lowest BCUT2D eigenvalue weighted by Gasteiger charge is -2.38. The second kappa shape index (κ2) is 4.93. The number of rotatable bonds is 4. The standard InChI is InChI=1S/C12H14FN3O3/c13-8-2-3-9(10(6-8)16(18)19)11(17)15-7-12(14)4-1-5-12/h2-3,6H,1,4-5,7,14H2,(H,15,17). The maximum absolute atomic E-state index is 13.0. The Kier molecular flexibility index (Phi) is 3.48. The van der Waals surface area contributed by atoms with Crippen molar-refractivity contribution in [2.75, 3.05) is 6.54 Å². The molecule has 1 aliphatic carbocycles. The molecule has 2 rings (SSSR count). The molecule has 6 nitrogen and oxygen atoms in total. The Morgan fingerprint density at radius 3 is 2.74 bits per heavy atom. The number of nitrogens with zero attached hydrogens (tertiary/aromatic N) is 1. The third kappa shape index (κ3) is 2.87. The number of hydrogen-bond acceptors (Lipinski definition) is 4. The fourth-order valence-electron chi connectivity index (χ4n) is 2.01. The predicted molar refractivity (Wildman–Crippen MR) is 66.2 cm³/mol. The number of hydrogen-bond donors (Lipinski definition) is 2. The van der Waals surface area contributed by atoms with E-state index >= 15 is 0 Å². The molecule has 1 aromatic carbocycles. The zero-order chi connectivity index (χ0) is 14.0. The fraction of sp³-hybridized carbons (Fsp3) is 0.417. The van der Waals surface area contributed by atoms with Gasteiger partial charge in [-0.15, -0.1) is 0 Å². The van der Waals surface area contributed by atoms with Gasteiger partial charge >= 0.3 is 0 Å². The first-order chi connectivity index (χ1) is 8.91. The molecule has 1 aliphatic rings. The maximum atomic E-state index is 13.0. The van der Waals surface area contributed by atoms with E-state index < -0.39 is 27.9 Å². The highest BCUT2D eigenvalue weighted by Gasteiger charge is 2.33. The van der Waals surface area contributed by atoms with E-state index in [2.05, 4.69) is 5.32 Å². The number of halogens is 1. The molecule has 1 aromatic rings. The third-order valence-corrected chi connectivity index (χ3v) is 3.35. The van der Waals surface area contributed by atoms with Gasteiger partial charge in [0.2, 0.25) is 0 Å². The van der Waals surface area contributed by atoms with Gasteiger partial charge in [-0.05, 0) is 31.4 Å². The SMILES string of the molecule is NC1(CNC(=O)c2ccc(F)cc2[N+](=O)[O-])CCC1. The topological polar surface area (TPSA) is 98.3 Å². The monoisotopic (exact) mass is 267 g/mol. The van der Waals surface area contributed by atoms with Crippen LogP contribution in [0, 0.1) is 15.9 Å². The van der Waals surface area contributed by atoms with Gasteiger partial charge in [0, 0.05) is 12.1 Å². The van der Waals surface area contributed by atoms with Crippen LogP contribution in [0.3, 0.4) is 0 Å². The number of nitrogens with one attached hydrogen (secondary N) is 1. The van der Waals surface area contributed by atoms with Crippen LogP contribution in [0.4, 0.5) is 10.1 Å². The first-order valence-corrected chi connectivity index (χ1v) is 5.92. The van der Waals surface area contributed by atoms with E-state index in [0.717, 1.165) is 37.5 Å². The van der Waals surface area contributed by atoms with E-state index in [9.17, 15) is 19.3 Å². The van der Waals surface area contributed by atoms with Crippen LogP contribution in [0.5, 0.6) is 0 Å². The van der Waals surface area contributed by atoms with Gasteiger partial charge in [0.15, 0.2) is 0 Å². The van der Waals surface area contributed by atoms with Crippen LogP contribution >= 0.6 is 0 Å². The molecule has 1 saturated carbocycles. The normalized spacial score (nSPS) is 16.5. The highest BCUT2D eigenvalue weighted by Crippen LogP contribution is 2.28. The van der Waals surface area contributed by atoms with Crippen LogP contribution in [0.1, 0.15) is 29.6 Å². The minimum Gasteiger partial charge on any atom is -0.350 e. The lowest BCUT2D eigenvalue weighted by atomic mass is 9.78. The molecule has 1 fully saturated rings. The van der Waals surface area contributed by atoms with Gasteiger partial charge in [-0.3, -0.25) is 14.9 Å². The number of nitro groups is 1. The number of nitrogens with two attached hydrogens (primary N) is 1. The van der Waals surface area contributed by atoms with Crippen molar-refractivity contribution in [3.8, 4) is 0 Å². The second-order valence-electron chi connectivity index (χ2n) is 4.82. The van der Waals surface area contributed by atoms with Crippen LogP contribution in [0.2, 0.25) is 0 Å². The molecule has 0 bridgehead atoms. The van der Waals surface area contributed by atoms with Gasteiger partial charge < -0.3 is 11.1 Å². The molecule has 0 aromatic heterocycles. The Bertz CT molecular complexity index is 529. The number of carbonyl (C=O) groups is 1. The van der Waals surface area contributed by atoms with Gasteiger partial charge in [-0.2, -0.15) is 0 Å². The summed E-state index contributed by atoms with van der Waals surface area (Å²) in [5.74, 6) is -1.36. The molecule has 3 N–H and O–H groups in total. The van der Waals surface area contributed by atoms with Crippen molar-refractivity contribution >= 4 is 11.6 Å². The van der Waals surface area contributed by atoms with Crippen molar-refractivity contribution in [2.24, 2.45) is 5.73 Å². The quantitative estimate of drug-likeness (QED) is 0.635. The number of carbonyl (C=O) groups excluding carboxylic acids is 1. The third-order valence-electron chi connectivity index (χ3n) is 3.35. The van der Waals surface area contributed by atoms with Crippen molar-refractivity contribution in [1.82, 2.24) is 5.32 Å². The number of amides is 1. The molecule has 0 atom stereocenters. The summed E-state index contributed by atoms with van der Waals surface area (Å²) in [6.07, 6.45) is 2.65. The van der Waals surface area contributed by atoms with E-state index in [-0.39, 0.29) is 12.1 Å². The summed E-state index contributed by atoms with van der Waals surface area (Å²) in [6, 6.07) is 2.85. The van der Waals surface area contributed by atoms with Crippen molar-refractivity contribution in [2.45, 2.75) is 24.8 Å². The molecule has 19 heavy (non-hydrogen) atoms. The van der Waals surface area contributed by atoms with Crippen LogP contribution < -0.4 is 11.1 Å². The van der Waals surface area contributed by atoms with Crippen LogP contribution in [0.15, 0.2) is 18.2 Å². The highest BCUT2D eigenvalue weighted by molar-refractivity contribution is 5.98. The molecule has 0 unspecified atom stereocenters. The zero-order valence-electron chi connectivity index (χ0n) is 10.2. The van der Waals surface area contributed by atoms with E-state index in [1.54, 1.807) is 0 Å². The smallest absolute Gasteiger partial charge is 0.285 e. The molecule has 0 saturated heterocycles.